The third-order valence-electron chi connectivity index (χ3n) is 6.18. The molecule has 1 amide bonds. The number of methoxy groups -OCH3 is 2. The van der Waals surface area contributed by atoms with Gasteiger partial charge in [-0.1, -0.05) is 36.4 Å². The lowest BCUT2D eigenvalue weighted by Gasteiger charge is -2.13. The van der Waals surface area contributed by atoms with Gasteiger partial charge in [-0.25, -0.2) is 19.0 Å². The Labute approximate surface area is 223 Å². The maximum atomic E-state index is 13.2. The molecule has 0 spiro atoms. The molecule has 3 N–H and O–H groups in total. The number of pyridine rings is 1. The van der Waals surface area contributed by atoms with E-state index in [1.807, 2.05) is 42.5 Å². The van der Waals surface area contributed by atoms with Crippen LogP contribution in [0.1, 0.15) is 33.1 Å². The number of nitrogens with two attached hydrogens (primary N) is 1. The first-order valence-electron chi connectivity index (χ1n) is 12.1. The lowest BCUT2D eigenvalue weighted by Crippen LogP contribution is -2.24. The minimum Gasteiger partial charge on any atom is -0.496 e. The summed E-state index contributed by atoms with van der Waals surface area (Å²) in [6, 6.07) is 13.3. The fraction of sp³-hybridized carbons (Fsp3) is 0.222. The molecule has 11 nitrogen and oxygen atoms in total. The molecule has 0 aliphatic rings. The van der Waals surface area contributed by atoms with Crippen molar-refractivity contribution in [2.75, 3.05) is 20.0 Å². The van der Waals surface area contributed by atoms with Crippen molar-refractivity contribution in [1.82, 2.24) is 34.8 Å². The van der Waals surface area contributed by atoms with Gasteiger partial charge >= 0.3 is 0 Å². The van der Waals surface area contributed by atoms with E-state index in [2.05, 4.69) is 25.5 Å². The largest absolute Gasteiger partial charge is 0.496 e. The van der Waals surface area contributed by atoms with Crippen molar-refractivity contribution in [3.8, 4) is 5.75 Å². The summed E-state index contributed by atoms with van der Waals surface area (Å²) in [6.07, 6.45) is 4.14. The number of ether oxygens (including phenoxy) is 2. The summed E-state index contributed by atoms with van der Waals surface area (Å²) in [7, 11) is 3.13. The summed E-state index contributed by atoms with van der Waals surface area (Å²) in [5.41, 5.74) is 8.68. The van der Waals surface area contributed by atoms with Gasteiger partial charge in [0.2, 0.25) is 5.82 Å². The normalized spacial score (nSPS) is 11.2. The summed E-state index contributed by atoms with van der Waals surface area (Å²) in [5.74, 6) is 0.774. The fourth-order valence-electron chi connectivity index (χ4n) is 4.30. The molecule has 5 aromatic rings. The van der Waals surface area contributed by atoms with Crippen LogP contribution in [0.4, 0.5) is 10.2 Å². The monoisotopic (exact) mass is 530 g/mol. The second-order valence-electron chi connectivity index (χ2n) is 8.85. The van der Waals surface area contributed by atoms with Crippen molar-refractivity contribution in [3.63, 3.8) is 0 Å². The van der Waals surface area contributed by atoms with Crippen LogP contribution in [0, 0.1) is 5.82 Å². The molecule has 3 aromatic heterocycles. The van der Waals surface area contributed by atoms with Gasteiger partial charge in [0.15, 0.2) is 11.6 Å². The highest BCUT2D eigenvalue weighted by atomic mass is 19.1. The summed E-state index contributed by atoms with van der Waals surface area (Å²) in [4.78, 5) is 21.5. The van der Waals surface area contributed by atoms with Gasteiger partial charge in [0.25, 0.3) is 5.91 Å². The van der Waals surface area contributed by atoms with E-state index < -0.39 is 5.91 Å². The molecule has 0 bridgehead atoms. The zero-order valence-corrected chi connectivity index (χ0v) is 21.5. The molecule has 200 valence electrons. The van der Waals surface area contributed by atoms with E-state index in [1.165, 1.54) is 17.1 Å². The molecule has 0 fully saturated rings. The van der Waals surface area contributed by atoms with E-state index in [-0.39, 0.29) is 24.8 Å². The molecule has 0 saturated carbocycles. The number of nitrogens with zero attached hydrogens (tertiary/aromatic N) is 6. The van der Waals surface area contributed by atoms with Crippen molar-refractivity contribution in [3.05, 3.63) is 95.2 Å². The van der Waals surface area contributed by atoms with E-state index in [1.54, 1.807) is 25.1 Å². The first-order chi connectivity index (χ1) is 18.9. The minimum absolute atomic E-state index is 0.0348. The molecule has 3 heterocycles. The Bertz CT molecular complexity index is 1610. The minimum atomic E-state index is -0.427. The third kappa shape index (κ3) is 5.70. The molecule has 5 rings (SSSR count). The first kappa shape index (κ1) is 25.8. The molecule has 0 radical (unpaired) electrons. The lowest BCUT2D eigenvalue weighted by molar-refractivity contribution is 0.0940. The summed E-state index contributed by atoms with van der Waals surface area (Å²) < 4.78 is 27.2. The summed E-state index contributed by atoms with van der Waals surface area (Å²) >= 11 is 0. The number of halogens is 1. The van der Waals surface area contributed by atoms with Crippen LogP contribution in [0.25, 0.3) is 10.8 Å². The number of carbonyl (C=O) groups is 1. The molecule has 0 aliphatic carbocycles. The Morgan fingerprint density at radius 3 is 2.51 bits per heavy atom. The number of carbonyl (C=O) groups excluding carboxylic acids is 1. The van der Waals surface area contributed by atoms with Crippen LogP contribution in [0.15, 0.2) is 61.1 Å². The van der Waals surface area contributed by atoms with Crippen LogP contribution in [0.3, 0.4) is 0 Å². The molecule has 0 unspecified atom stereocenters. The van der Waals surface area contributed by atoms with Crippen LogP contribution < -0.4 is 15.8 Å². The zero-order chi connectivity index (χ0) is 27.4. The standard InChI is InChI=1S/C27H27FN8O3/c1-38-16-23-33-26(27(37)31-11-19-7-8-22-21(24(19)39-2)9-10-30-25(22)29)34-36(23)14-18-5-3-17(4-6-18)13-35-15-20(28)12-32-35/h3-10,12,15H,11,13-14,16H2,1-2H3,(H2,29,30)(H,31,37). The zero-order valence-electron chi connectivity index (χ0n) is 21.5. The van der Waals surface area contributed by atoms with Gasteiger partial charge in [0, 0.05) is 36.2 Å². The second kappa shape index (κ2) is 11.3. The molecule has 39 heavy (non-hydrogen) atoms. The van der Waals surface area contributed by atoms with Crippen molar-refractivity contribution in [2.45, 2.75) is 26.2 Å². The maximum Gasteiger partial charge on any atom is 0.291 e. The second-order valence-corrected chi connectivity index (χ2v) is 8.85. The van der Waals surface area contributed by atoms with Gasteiger partial charge in [0.1, 0.15) is 18.2 Å². The molecular formula is C27H27FN8O3. The Hall–Kier alpha value is -4.84. The number of nitrogens with one attached hydrogen (secondary N) is 1. The number of hydrogen-bond donors (Lipinski definition) is 2. The number of fused-ring (bicyclic) bond motifs is 1. The van der Waals surface area contributed by atoms with Gasteiger partial charge in [-0.15, -0.1) is 5.10 Å². The number of amides is 1. The highest BCUT2D eigenvalue weighted by Gasteiger charge is 2.18. The van der Waals surface area contributed by atoms with Gasteiger partial charge in [0.05, 0.1) is 32.6 Å². The Kier molecular flexibility index (Phi) is 7.46. The van der Waals surface area contributed by atoms with Crippen LogP contribution in [0.2, 0.25) is 0 Å². The average molecular weight is 531 g/mol. The van der Waals surface area contributed by atoms with Crippen molar-refractivity contribution in [2.24, 2.45) is 0 Å². The average Bonchev–Trinajstić information content (AvgIpc) is 3.53. The van der Waals surface area contributed by atoms with Gasteiger partial charge in [-0.2, -0.15) is 5.10 Å². The summed E-state index contributed by atoms with van der Waals surface area (Å²) in [5, 5.41) is 12.9. The highest BCUT2D eigenvalue weighted by molar-refractivity contribution is 5.96. The molecule has 12 heteroatoms. The molecule has 0 aliphatic heterocycles. The van der Waals surface area contributed by atoms with Gasteiger partial charge in [-0.05, 0) is 17.2 Å². The Balaban J connectivity index is 1.29. The van der Waals surface area contributed by atoms with Gasteiger partial charge < -0.3 is 20.5 Å². The van der Waals surface area contributed by atoms with E-state index >= 15 is 0 Å². The number of anilines is 1. The molecule has 2 aromatic carbocycles. The van der Waals surface area contributed by atoms with Crippen molar-refractivity contribution >= 4 is 22.5 Å². The van der Waals surface area contributed by atoms with E-state index in [0.29, 0.717) is 30.5 Å². The smallest absolute Gasteiger partial charge is 0.291 e. The number of nitrogen functional groups attached to an aromatic ring is 1. The number of aromatic nitrogens is 6. The van der Waals surface area contributed by atoms with Crippen LogP contribution in [-0.2, 0) is 31.0 Å². The number of hydrogen-bond acceptors (Lipinski definition) is 8. The predicted octanol–water partition coefficient (Wildman–Crippen LogP) is 2.93. The quantitative estimate of drug-likeness (QED) is 0.281. The first-order valence-corrected chi connectivity index (χ1v) is 12.1. The highest BCUT2D eigenvalue weighted by Crippen LogP contribution is 2.31. The number of rotatable bonds is 10. The van der Waals surface area contributed by atoms with Crippen LogP contribution >= 0.6 is 0 Å². The van der Waals surface area contributed by atoms with Crippen LogP contribution in [0.5, 0.6) is 5.75 Å². The summed E-state index contributed by atoms with van der Waals surface area (Å²) in [6.45, 7) is 1.25. The van der Waals surface area contributed by atoms with Crippen molar-refractivity contribution in [1.29, 1.82) is 0 Å². The third-order valence-corrected chi connectivity index (χ3v) is 6.18. The lowest BCUT2D eigenvalue weighted by atomic mass is 10.1. The molecule has 0 atom stereocenters. The van der Waals surface area contributed by atoms with Crippen LogP contribution in [-0.4, -0.2) is 49.7 Å². The van der Waals surface area contributed by atoms with Gasteiger partial charge in [-0.3, -0.25) is 9.48 Å². The maximum absolute atomic E-state index is 13.2. The SMILES string of the molecule is COCc1nc(C(=O)NCc2ccc3c(N)nccc3c2OC)nn1Cc1ccc(Cn2cc(F)cn2)cc1. The molecular weight excluding hydrogens is 503 g/mol. The predicted molar refractivity (Wildman–Crippen MR) is 141 cm³/mol. The Morgan fingerprint density at radius 2 is 1.82 bits per heavy atom. The Morgan fingerprint density at radius 1 is 1.05 bits per heavy atom. The van der Waals surface area contributed by atoms with Crippen molar-refractivity contribution < 1.29 is 18.7 Å². The molecule has 0 saturated heterocycles. The topological polar surface area (TPSA) is 135 Å². The van der Waals surface area contributed by atoms with E-state index in [0.717, 1.165) is 27.5 Å². The number of benzene rings is 2. The fourth-order valence-corrected chi connectivity index (χ4v) is 4.30. The van der Waals surface area contributed by atoms with E-state index in [4.69, 9.17) is 15.2 Å². The van der Waals surface area contributed by atoms with E-state index in [9.17, 15) is 9.18 Å².